The van der Waals surface area contributed by atoms with Crippen LogP contribution in [0.3, 0.4) is 0 Å². The van der Waals surface area contributed by atoms with Crippen LogP contribution in [0.1, 0.15) is 92.4 Å². The third-order valence-corrected chi connectivity index (χ3v) is 7.05. The van der Waals surface area contributed by atoms with Gasteiger partial charge in [0.05, 0.1) is 18.1 Å². The van der Waals surface area contributed by atoms with E-state index in [1.54, 1.807) is 11.8 Å². The molecule has 1 aliphatic heterocycles. The highest BCUT2D eigenvalue weighted by Gasteiger charge is 2.39. The number of nitrogens with one attached hydrogen (secondary N) is 3. The van der Waals surface area contributed by atoms with Gasteiger partial charge < -0.3 is 38.1 Å². The molecule has 11 heteroatoms. The van der Waals surface area contributed by atoms with E-state index in [2.05, 4.69) is 29.8 Å². The minimum Gasteiger partial charge on any atom is -0.343 e. The van der Waals surface area contributed by atoms with Gasteiger partial charge in [-0.15, -0.1) is 0 Å². The first-order valence-electron chi connectivity index (χ1n) is 14.8. The number of nitrogens with zero attached hydrogens (tertiary/aromatic N) is 1. The summed E-state index contributed by atoms with van der Waals surface area (Å²) in [5.41, 5.74) is 17.4. The Hall–Kier alpha value is -2.08. The molecule has 0 aliphatic carbocycles. The largest absolute Gasteiger partial charge is 0.343 e. The van der Waals surface area contributed by atoms with E-state index in [1.807, 2.05) is 13.8 Å². The van der Waals surface area contributed by atoms with Gasteiger partial charge in [0.15, 0.2) is 5.78 Å². The minimum atomic E-state index is -0.823. The summed E-state index contributed by atoms with van der Waals surface area (Å²) >= 11 is 0. The average molecular weight is 554 g/mol. The Morgan fingerprint density at radius 3 is 2.10 bits per heavy atom. The van der Waals surface area contributed by atoms with Crippen LogP contribution >= 0.6 is 0 Å². The topological polar surface area (TPSA) is 186 Å². The first-order valence-corrected chi connectivity index (χ1v) is 14.8. The number of Topliss-reactive ketones (excluding diaryl/α,β-unsaturated/α-hetero) is 1. The first kappa shape index (κ1) is 34.9. The highest BCUT2D eigenvalue weighted by atomic mass is 16.2. The lowest BCUT2D eigenvalue weighted by atomic mass is 10.00. The predicted molar refractivity (Wildman–Crippen MR) is 155 cm³/mol. The second-order valence-corrected chi connectivity index (χ2v) is 11.6. The molecule has 1 aliphatic rings. The van der Waals surface area contributed by atoms with Gasteiger partial charge in [-0.25, -0.2) is 0 Å². The van der Waals surface area contributed by atoms with Crippen molar-refractivity contribution in [2.24, 2.45) is 23.1 Å². The van der Waals surface area contributed by atoms with E-state index in [0.29, 0.717) is 57.7 Å². The number of ketones is 1. The Morgan fingerprint density at radius 1 is 0.872 bits per heavy atom. The fourth-order valence-electron chi connectivity index (χ4n) is 4.85. The predicted octanol–water partition coefficient (Wildman–Crippen LogP) is 0.534. The number of unbranched alkanes of at least 4 members (excludes halogenated alkanes) is 2. The fraction of sp³-hybridized carbons (Fsp3) is 0.857. The lowest BCUT2D eigenvalue weighted by Gasteiger charge is -2.31. The first-order chi connectivity index (χ1) is 18.4. The molecule has 1 saturated heterocycles. The number of amides is 3. The summed E-state index contributed by atoms with van der Waals surface area (Å²) in [5.74, 6) is -1.13. The van der Waals surface area contributed by atoms with Crippen LogP contribution in [0.4, 0.5) is 0 Å². The fourth-order valence-corrected chi connectivity index (χ4v) is 4.85. The summed E-state index contributed by atoms with van der Waals surface area (Å²) in [4.78, 5) is 54.2. The number of hydrogen-bond donors (Lipinski definition) is 6. The van der Waals surface area contributed by atoms with Crippen molar-refractivity contribution in [3.8, 4) is 0 Å². The molecule has 3 amide bonds. The summed E-state index contributed by atoms with van der Waals surface area (Å²) in [5, 5.41) is 9.09. The van der Waals surface area contributed by atoms with Crippen LogP contribution in [0.5, 0.6) is 0 Å². The minimum absolute atomic E-state index is 0.123. The van der Waals surface area contributed by atoms with Crippen molar-refractivity contribution in [1.29, 1.82) is 0 Å². The molecular formula is C28H55N7O4. The second kappa shape index (κ2) is 18.3. The molecule has 0 saturated carbocycles. The highest BCUT2D eigenvalue weighted by molar-refractivity contribution is 5.96. The number of hydrogen-bond acceptors (Lipinski definition) is 8. The number of likely N-dealkylation sites (tertiary alicyclic amines) is 1. The van der Waals surface area contributed by atoms with Crippen LogP contribution in [0, 0.1) is 5.92 Å². The van der Waals surface area contributed by atoms with E-state index in [4.69, 9.17) is 17.2 Å². The lowest BCUT2D eigenvalue weighted by molar-refractivity contribution is -0.141. The molecule has 9 N–H and O–H groups in total. The summed E-state index contributed by atoms with van der Waals surface area (Å²) in [6.45, 7) is 11.5. The van der Waals surface area contributed by atoms with Crippen molar-refractivity contribution in [3.05, 3.63) is 0 Å². The van der Waals surface area contributed by atoms with E-state index in [1.165, 1.54) is 0 Å². The quantitative estimate of drug-likeness (QED) is 0.125. The molecular weight excluding hydrogens is 498 g/mol. The Bertz CT molecular complexity index is 775. The van der Waals surface area contributed by atoms with Crippen LogP contribution in [0.2, 0.25) is 0 Å². The zero-order valence-electron chi connectivity index (χ0n) is 24.8. The molecule has 1 heterocycles. The molecule has 5 atom stereocenters. The van der Waals surface area contributed by atoms with Crippen LogP contribution in [-0.4, -0.2) is 84.3 Å². The monoisotopic (exact) mass is 553 g/mol. The van der Waals surface area contributed by atoms with Crippen molar-refractivity contribution in [1.82, 2.24) is 20.9 Å². The van der Waals surface area contributed by atoms with Crippen molar-refractivity contribution in [3.63, 3.8) is 0 Å². The molecule has 1 rings (SSSR count). The Morgan fingerprint density at radius 2 is 1.51 bits per heavy atom. The van der Waals surface area contributed by atoms with E-state index in [9.17, 15) is 19.2 Å². The SMILES string of the molecule is CC(C)C[C@H](NC(=O)[C@H](N)CCCCN)C(=O)N[C@@H](CCCCNC(C)C)C(=O)N1CCC[C@H]1C(=O)C(C)N. The third-order valence-electron chi connectivity index (χ3n) is 7.05. The van der Waals surface area contributed by atoms with Crippen LogP contribution in [0.15, 0.2) is 0 Å². The molecule has 0 aromatic rings. The van der Waals surface area contributed by atoms with Gasteiger partial charge in [-0.3, -0.25) is 19.2 Å². The molecule has 1 unspecified atom stereocenters. The van der Waals surface area contributed by atoms with E-state index in [-0.39, 0.29) is 17.6 Å². The Labute approximate surface area is 235 Å². The molecule has 0 aromatic heterocycles. The van der Waals surface area contributed by atoms with Crippen molar-refractivity contribution in [2.45, 2.75) is 129 Å². The molecule has 1 fully saturated rings. The van der Waals surface area contributed by atoms with Crippen molar-refractivity contribution in [2.75, 3.05) is 19.6 Å². The second-order valence-electron chi connectivity index (χ2n) is 11.6. The molecule has 11 nitrogen and oxygen atoms in total. The van der Waals surface area contributed by atoms with E-state index in [0.717, 1.165) is 25.8 Å². The molecule has 39 heavy (non-hydrogen) atoms. The maximum absolute atomic E-state index is 13.7. The lowest BCUT2D eigenvalue weighted by Crippen LogP contribution is -2.57. The van der Waals surface area contributed by atoms with Crippen LogP contribution in [0.25, 0.3) is 0 Å². The number of carbonyl (C=O) groups excluding carboxylic acids is 4. The van der Waals surface area contributed by atoms with E-state index < -0.39 is 42.0 Å². The Kier molecular flexibility index (Phi) is 16.4. The summed E-state index contributed by atoms with van der Waals surface area (Å²) in [7, 11) is 0. The molecule has 0 spiro atoms. The standard InChI is InChI=1S/C28H55N7O4/c1-18(2)17-23(34-26(37)21(31)11-6-8-14-29)27(38)33-22(12-7-9-15-32-19(3)4)28(39)35-16-10-13-24(35)25(36)20(5)30/h18-24,32H,6-17,29-31H2,1-5H3,(H,33,38)(H,34,37)/t20?,21-,22+,23+,24+/m1/s1. The van der Waals surface area contributed by atoms with Gasteiger partial charge in [-0.2, -0.15) is 0 Å². The zero-order valence-corrected chi connectivity index (χ0v) is 24.8. The van der Waals surface area contributed by atoms with Gasteiger partial charge in [-0.05, 0) is 77.3 Å². The maximum atomic E-state index is 13.7. The van der Waals surface area contributed by atoms with Crippen LogP contribution in [-0.2, 0) is 19.2 Å². The zero-order chi connectivity index (χ0) is 29.5. The van der Waals surface area contributed by atoms with Crippen molar-refractivity contribution >= 4 is 23.5 Å². The summed E-state index contributed by atoms with van der Waals surface area (Å²) in [6, 6.07) is -3.24. The molecule has 0 aromatic carbocycles. The number of carbonyl (C=O) groups is 4. The smallest absolute Gasteiger partial charge is 0.245 e. The molecule has 0 bridgehead atoms. The van der Waals surface area contributed by atoms with Gasteiger partial charge in [-0.1, -0.05) is 34.1 Å². The van der Waals surface area contributed by atoms with E-state index >= 15 is 0 Å². The summed E-state index contributed by atoms with van der Waals surface area (Å²) in [6.07, 6.45) is 5.65. The average Bonchev–Trinajstić information content (AvgIpc) is 3.35. The number of rotatable bonds is 19. The van der Waals surface area contributed by atoms with Gasteiger partial charge in [0.25, 0.3) is 0 Å². The molecule has 226 valence electrons. The van der Waals surface area contributed by atoms with Crippen molar-refractivity contribution < 1.29 is 19.2 Å². The third kappa shape index (κ3) is 12.8. The van der Waals surface area contributed by atoms with Crippen LogP contribution < -0.4 is 33.2 Å². The number of nitrogens with two attached hydrogens (primary N) is 3. The maximum Gasteiger partial charge on any atom is 0.245 e. The Balaban J connectivity index is 3.02. The van der Waals surface area contributed by atoms with Gasteiger partial charge in [0.2, 0.25) is 17.7 Å². The summed E-state index contributed by atoms with van der Waals surface area (Å²) < 4.78 is 0. The normalized spacial score (nSPS) is 18.6. The van der Waals surface area contributed by atoms with Gasteiger partial charge in [0, 0.05) is 12.6 Å². The van der Waals surface area contributed by atoms with Gasteiger partial charge in [0.1, 0.15) is 12.1 Å². The highest BCUT2D eigenvalue weighted by Crippen LogP contribution is 2.21. The molecule has 0 radical (unpaired) electrons. The van der Waals surface area contributed by atoms with Gasteiger partial charge >= 0.3 is 0 Å².